The zero-order valence-corrected chi connectivity index (χ0v) is 15.7. The third-order valence-corrected chi connectivity index (χ3v) is 5.23. The van der Waals surface area contributed by atoms with Crippen molar-refractivity contribution in [3.8, 4) is 0 Å². The molecule has 0 aromatic heterocycles. The van der Waals surface area contributed by atoms with Crippen LogP contribution in [0.25, 0.3) is 0 Å². The van der Waals surface area contributed by atoms with E-state index >= 15 is 0 Å². The fourth-order valence-electron chi connectivity index (χ4n) is 2.88. The summed E-state index contributed by atoms with van der Waals surface area (Å²) in [5.74, 6) is -0.759. The van der Waals surface area contributed by atoms with Crippen molar-refractivity contribution in [3.05, 3.63) is 24.3 Å². The Bertz CT molecular complexity index is 574. The van der Waals surface area contributed by atoms with Gasteiger partial charge in [-0.3, -0.25) is 9.59 Å². The number of nitrogens with one attached hydrogen (secondary N) is 2. The molecule has 1 aromatic rings. The molecular weight excluding hydrogens is 338 g/mol. The number of hydrogen-bond acceptors (Lipinski definition) is 5. The first-order valence-corrected chi connectivity index (χ1v) is 9.80. The van der Waals surface area contributed by atoms with E-state index in [2.05, 4.69) is 15.5 Å². The summed E-state index contributed by atoms with van der Waals surface area (Å²) in [6.07, 6.45) is 3.99. The van der Waals surface area contributed by atoms with Crippen molar-refractivity contribution in [3.63, 3.8) is 0 Å². The molecule has 0 bridgehead atoms. The Hall–Kier alpha value is -1.57. The zero-order chi connectivity index (χ0) is 18.1. The lowest BCUT2D eigenvalue weighted by Crippen LogP contribution is -2.42. The Morgan fingerprint density at radius 2 is 1.96 bits per heavy atom. The van der Waals surface area contributed by atoms with Crippen LogP contribution < -0.4 is 10.6 Å². The van der Waals surface area contributed by atoms with E-state index in [1.54, 1.807) is 13.2 Å². The van der Waals surface area contributed by atoms with Gasteiger partial charge >= 0.3 is 11.8 Å². The van der Waals surface area contributed by atoms with Crippen LogP contribution >= 0.6 is 11.8 Å². The van der Waals surface area contributed by atoms with Crippen LogP contribution in [-0.4, -0.2) is 62.9 Å². The minimum atomic E-state index is -0.612. The van der Waals surface area contributed by atoms with Crippen molar-refractivity contribution < 1.29 is 14.3 Å². The average molecular weight is 365 g/mol. The number of carbonyl (C=O) groups is 2. The number of rotatable bonds is 7. The molecule has 2 amide bonds. The van der Waals surface area contributed by atoms with Crippen molar-refractivity contribution in [1.29, 1.82) is 0 Å². The Labute approximate surface area is 153 Å². The van der Waals surface area contributed by atoms with Gasteiger partial charge in [-0.2, -0.15) is 0 Å². The predicted octanol–water partition coefficient (Wildman–Crippen LogP) is 1.82. The maximum Gasteiger partial charge on any atom is 0.313 e. The molecule has 0 radical (unpaired) electrons. The Balaban J connectivity index is 1.72. The summed E-state index contributed by atoms with van der Waals surface area (Å²) in [4.78, 5) is 27.4. The van der Waals surface area contributed by atoms with E-state index < -0.39 is 11.8 Å². The van der Waals surface area contributed by atoms with Crippen LogP contribution in [0.1, 0.15) is 12.8 Å². The van der Waals surface area contributed by atoms with E-state index in [9.17, 15) is 9.59 Å². The lowest BCUT2D eigenvalue weighted by Gasteiger charge is -2.31. The molecule has 138 valence electrons. The van der Waals surface area contributed by atoms with Gasteiger partial charge in [0.25, 0.3) is 0 Å². The van der Waals surface area contributed by atoms with Gasteiger partial charge < -0.3 is 20.3 Å². The Morgan fingerprint density at radius 1 is 1.24 bits per heavy atom. The van der Waals surface area contributed by atoms with Crippen LogP contribution in [0.15, 0.2) is 29.2 Å². The smallest absolute Gasteiger partial charge is 0.313 e. The molecule has 25 heavy (non-hydrogen) atoms. The fourth-order valence-corrected chi connectivity index (χ4v) is 3.43. The second kappa shape index (κ2) is 10.4. The number of nitrogens with zero attached hydrogens (tertiary/aromatic N) is 1. The molecule has 0 aliphatic carbocycles. The number of amides is 2. The summed E-state index contributed by atoms with van der Waals surface area (Å²) in [6.45, 7) is 4.27. The van der Waals surface area contributed by atoms with Crippen LogP contribution in [0.2, 0.25) is 0 Å². The van der Waals surface area contributed by atoms with E-state index in [1.165, 1.54) is 11.8 Å². The number of para-hydroxylation sites is 1. The average Bonchev–Trinajstić information content (AvgIpc) is 2.65. The van der Waals surface area contributed by atoms with E-state index in [-0.39, 0.29) is 0 Å². The number of piperidine rings is 1. The van der Waals surface area contributed by atoms with Crippen molar-refractivity contribution in [2.45, 2.75) is 17.7 Å². The lowest BCUT2D eigenvalue weighted by atomic mass is 9.97. The predicted molar refractivity (Wildman–Crippen MR) is 101 cm³/mol. The highest BCUT2D eigenvalue weighted by Gasteiger charge is 2.21. The number of ether oxygens (including phenoxy) is 1. The molecule has 0 atom stereocenters. The molecule has 1 aromatic carbocycles. The van der Waals surface area contributed by atoms with Gasteiger partial charge in [-0.15, -0.1) is 11.8 Å². The Kier molecular flexibility index (Phi) is 8.24. The second-order valence-corrected chi connectivity index (χ2v) is 6.99. The van der Waals surface area contributed by atoms with E-state index in [4.69, 9.17) is 4.74 Å². The first-order chi connectivity index (χ1) is 12.1. The van der Waals surface area contributed by atoms with Crippen molar-refractivity contribution >= 4 is 29.3 Å². The molecule has 1 fully saturated rings. The first-order valence-electron chi connectivity index (χ1n) is 8.57. The third kappa shape index (κ3) is 6.34. The number of carbonyl (C=O) groups excluding carboxylic acids is 2. The molecule has 7 heteroatoms. The number of hydrogen-bond donors (Lipinski definition) is 2. The van der Waals surface area contributed by atoms with Crippen molar-refractivity contribution in [2.24, 2.45) is 5.92 Å². The van der Waals surface area contributed by atoms with Crippen molar-refractivity contribution in [1.82, 2.24) is 10.2 Å². The van der Waals surface area contributed by atoms with Crippen LogP contribution in [0.5, 0.6) is 0 Å². The highest BCUT2D eigenvalue weighted by molar-refractivity contribution is 7.98. The maximum atomic E-state index is 12.1. The zero-order valence-electron chi connectivity index (χ0n) is 14.9. The van der Waals surface area contributed by atoms with Gasteiger partial charge in [0.15, 0.2) is 0 Å². The third-order valence-electron chi connectivity index (χ3n) is 4.43. The lowest BCUT2D eigenvalue weighted by molar-refractivity contribution is -0.136. The molecule has 1 aliphatic heterocycles. The largest absolute Gasteiger partial charge is 0.383 e. The SMILES string of the molecule is COCCN1CCC(CNC(=O)C(=O)Nc2ccccc2SC)CC1. The standard InChI is InChI=1S/C18H27N3O3S/c1-24-12-11-21-9-7-14(8-10-21)13-19-17(22)18(23)20-15-5-3-4-6-16(15)25-2/h3-6,14H,7-13H2,1-2H3,(H,19,22)(H,20,23). The van der Waals surface area contributed by atoms with Gasteiger partial charge in [0.2, 0.25) is 0 Å². The van der Waals surface area contributed by atoms with Gasteiger partial charge in [-0.25, -0.2) is 0 Å². The van der Waals surface area contributed by atoms with Gasteiger partial charge in [-0.05, 0) is 50.2 Å². The molecule has 2 rings (SSSR count). The summed E-state index contributed by atoms with van der Waals surface area (Å²) in [6, 6.07) is 7.45. The minimum Gasteiger partial charge on any atom is -0.383 e. The van der Waals surface area contributed by atoms with Crippen LogP contribution in [-0.2, 0) is 14.3 Å². The molecule has 1 aliphatic rings. The molecule has 2 N–H and O–H groups in total. The normalized spacial score (nSPS) is 15.8. The molecule has 1 heterocycles. The Morgan fingerprint density at radius 3 is 2.64 bits per heavy atom. The molecule has 0 unspecified atom stereocenters. The summed E-state index contributed by atoms with van der Waals surface area (Å²) in [7, 11) is 1.71. The highest BCUT2D eigenvalue weighted by atomic mass is 32.2. The quantitative estimate of drug-likeness (QED) is 0.570. The van der Waals surface area contributed by atoms with E-state index in [0.717, 1.165) is 44.0 Å². The maximum absolute atomic E-state index is 12.1. The molecule has 0 spiro atoms. The summed E-state index contributed by atoms with van der Waals surface area (Å²) in [5.41, 5.74) is 0.668. The van der Waals surface area contributed by atoms with Crippen LogP contribution in [0.4, 0.5) is 5.69 Å². The summed E-state index contributed by atoms with van der Waals surface area (Å²) >= 11 is 1.53. The second-order valence-electron chi connectivity index (χ2n) is 6.14. The van der Waals surface area contributed by atoms with Gasteiger partial charge in [-0.1, -0.05) is 12.1 Å². The summed E-state index contributed by atoms with van der Waals surface area (Å²) in [5, 5.41) is 5.45. The number of benzene rings is 1. The van der Waals surface area contributed by atoms with Crippen molar-refractivity contribution in [2.75, 3.05) is 51.5 Å². The number of thioether (sulfide) groups is 1. The number of likely N-dealkylation sites (tertiary alicyclic amines) is 1. The molecule has 1 saturated heterocycles. The van der Waals surface area contributed by atoms with E-state index in [0.29, 0.717) is 18.2 Å². The highest BCUT2D eigenvalue weighted by Crippen LogP contribution is 2.24. The number of anilines is 1. The van der Waals surface area contributed by atoms with Crippen LogP contribution in [0, 0.1) is 5.92 Å². The van der Waals surface area contributed by atoms with Crippen LogP contribution in [0.3, 0.4) is 0 Å². The van der Waals surface area contributed by atoms with Gasteiger partial charge in [0.05, 0.1) is 12.3 Å². The van der Waals surface area contributed by atoms with Gasteiger partial charge in [0.1, 0.15) is 0 Å². The topological polar surface area (TPSA) is 70.7 Å². The molecule has 0 saturated carbocycles. The summed E-state index contributed by atoms with van der Waals surface area (Å²) < 4.78 is 5.10. The first kappa shape index (κ1) is 19.8. The number of methoxy groups -OCH3 is 1. The monoisotopic (exact) mass is 365 g/mol. The van der Waals surface area contributed by atoms with E-state index in [1.807, 2.05) is 24.5 Å². The fraction of sp³-hybridized carbons (Fsp3) is 0.556. The molecular formula is C18H27N3O3S. The molecule has 6 nitrogen and oxygen atoms in total. The van der Waals surface area contributed by atoms with Gasteiger partial charge in [0, 0.05) is 25.1 Å². The minimum absolute atomic E-state index is 0.425.